The molecular formula is C14H10ClN3O2. The second-order valence-electron chi connectivity index (χ2n) is 4.16. The first-order chi connectivity index (χ1) is 9.52. The maximum Gasteiger partial charge on any atom is 0.274 e. The molecule has 0 spiro atoms. The first-order valence-electron chi connectivity index (χ1n) is 5.73. The van der Waals surface area contributed by atoms with E-state index in [-0.39, 0.29) is 5.69 Å². The summed E-state index contributed by atoms with van der Waals surface area (Å²) in [6.07, 6.45) is 0. The van der Waals surface area contributed by atoms with E-state index in [2.05, 4.69) is 5.32 Å². The van der Waals surface area contributed by atoms with Gasteiger partial charge in [-0.25, -0.2) is 0 Å². The van der Waals surface area contributed by atoms with Gasteiger partial charge < -0.3 is 5.32 Å². The zero-order chi connectivity index (χ0) is 14.7. The molecule has 0 atom stereocenters. The molecular weight excluding hydrogens is 278 g/mol. The van der Waals surface area contributed by atoms with Crippen molar-refractivity contribution in [1.82, 2.24) is 0 Å². The minimum Gasteiger partial charge on any atom is -0.354 e. The first kappa shape index (κ1) is 13.8. The van der Waals surface area contributed by atoms with Crippen LogP contribution in [-0.2, 0) is 0 Å². The Bertz CT molecular complexity index is 723. The molecule has 2 rings (SSSR count). The summed E-state index contributed by atoms with van der Waals surface area (Å²) in [4.78, 5) is 10.5. The number of rotatable bonds is 3. The Morgan fingerprint density at radius 2 is 2.10 bits per heavy atom. The molecule has 0 saturated carbocycles. The highest BCUT2D eigenvalue weighted by Crippen LogP contribution is 2.29. The molecule has 2 aromatic carbocycles. The number of aryl methyl sites for hydroxylation is 1. The zero-order valence-electron chi connectivity index (χ0n) is 10.6. The van der Waals surface area contributed by atoms with Gasteiger partial charge in [0.05, 0.1) is 21.2 Å². The van der Waals surface area contributed by atoms with E-state index in [1.165, 1.54) is 6.07 Å². The SMILES string of the molecule is Cc1ccc(Nc2cccc(Cl)c2C#N)cc1[N+](=O)[O-]. The number of hydrogen-bond acceptors (Lipinski definition) is 4. The Balaban J connectivity index is 2.41. The average Bonchev–Trinajstić information content (AvgIpc) is 2.41. The van der Waals surface area contributed by atoms with Crippen LogP contribution in [0.15, 0.2) is 36.4 Å². The van der Waals surface area contributed by atoms with Crippen LogP contribution in [0.4, 0.5) is 17.1 Å². The number of nitro benzene ring substituents is 1. The fourth-order valence-corrected chi connectivity index (χ4v) is 2.00. The lowest BCUT2D eigenvalue weighted by molar-refractivity contribution is -0.385. The van der Waals surface area contributed by atoms with Crippen LogP contribution in [0.5, 0.6) is 0 Å². The molecule has 0 bridgehead atoms. The lowest BCUT2D eigenvalue weighted by Crippen LogP contribution is -1.97. The molecule has 5 nitrogen and oxygen atoms in total. The van der Waals surface area contributed by atoms with Crippen LogP contribution in [0.1, 0.15) is 11.1 Å². The molecule has 0 fully saturated rings. The molecule has 0 unspecified atom stereocenters. The van der Waals surface area contributed by atoms with Gasteiger partial charge >= 0.3 is 0 Å². The van der Waals surface area contributed by atoms with Gasteiger partial charge in [-0.3, -0.25) is 10.1 Å². The summed E-state index contributed by atoms with van der Waals surface area (Å²) in [5.41, 5.74) is 1.94. The van der Waals surface area contributed by atoms with E-state index >= 15 is 0 Å². The van der Waals surface area contributed by atoms with Crippen LogP contribution in [-0.4, -0.2) is 4.92 Å². The van der Waals surface area contributed by atoms with Crippen LogP contribution < -0.4 is 5.32 Å². The van der Waals surface area contributed by atoms with Gasteiger partial charge in [-0.05, 0) is 25.1 Å². The molecule has 0 aromatic heterocycles. The molecule has 1 N–H and O–H groups in total. The molecule has 100 valence electrons. The smallest absolute Gasteiger partial charge is 0.274 e. The Kier molecular flexibility index (Phi) is 3.87. The number of benzene rings is 2. The van der Waals surface area contributed by atoms with Crippen molar-refractivity contribution in [3.8, 4) is 6.07 Å². The number of nitrogens with one attached hydrogen (secondary N) is 1. The fourth-order valence-electron chi connectivity index (χ4n) is 1.78. The Morgan fingerprint density at radius 1 is 1.35 bits per heavy atom. The minimum atomic E-state index is -0.441. The van der Waals surface area contributed by atoms with E-state index < -0.39 is 4.92 Å². The van der Waals surface area contributed by atoms with Crippen LogP contribution in [0, 0.1) is 28.4 Å². The normalized spacial score (nSPS) is 9.85. The van der Waals surface area contributed by atoms with Crippen LogP contribution in [0.2, 0.25) is 5.02 Å². The van der Waals surface area contributed by atoms with Crippen LogP contribution >= 0.6 is 11.6 Å². The van der Waals surface area contributed by atoms with Gasteiger partial charge in [0.25, 0.3) is 5.69 Å². The predicted octanol–water partition coefficient (Wildman–Crippen LogP) is 4.17. The largest absolute Gasteiger partial charge is 0.354 e. The summed E-state index contributed by atoms with van der Waals surface area (Å²) in [7, 11) is 0. The third kappa shape index (κ3) is 2.71. The Hall–Kier alpha value is -2.58. The molecule has 0 aliphatic carbocycles. The second-order valence-corrected chi connectivity index (χ2v) is 4.56. The molecule has 0 saturated heterocycles. The highest BCUT2D eigenvalue weighted by Gasteiger charge is 2.12. The molecule has 6 heteroatoms. The van der Waals surface area contributed by atoms with E-state index in [1.54, 1.807) is 37.3 Å². The molecule has 0 aliphatic rings. The third-order valence-corrected chi connectivity index (χ3v) is 3.13. The van der Waals surface area contributed by atoms with E-state index in [0.29, 0.717) is 27.5 Å². The van der Waals surface area contributed by atoms with E-state index in [4.69, 9.17) is 16.9 Å². The number of halogens is 1. The predicted molar refractivity (Wildman–Crippen MR) is 77.3 cm³/mol. The van der Waals surface area contributed by atoms with Crippen molar-refractivity contribution in [2.75, 3.05) is 5.32 Å². The number of nitrogens with zero attached hydrogens (tertiary/aromatic N) is 2. The van der Waals surface area contributed by atoms with E-state index in [1.807, 2.05) is 6.07 Å². The van der Waals surface area contributed by atoms with E-state index in [9.17, 15) is 10.1 Å². The highest BCUT2D eigenvalue weighted by atomic mass is 35.5. The van der Waals surface area contributed by atoms with Crippen molar-refractivity contribution >= 4 is 28.7 Å². The summed E-state index contributed by atoms with van der Waals surface area (Å²) in [5.74, 6) is 0. The monoisotopic (exact) mass is 287 g/mol. The van der Waals surface area contributed by atoms with Gasteiger partial charge in [0.1, 0.15) is 6.07 Å². The van der Waals surface area contributed by atoms with Crippen molar-refractivity contribution in [1.29, 1.82) is 5.26 Å². The number of hydrogen-bond donors (Lipinski definition) is 1. The summed E-state index contributed by atoms with van der Waals surface area (Å²) in [6, 6.07) is 11.8. The summed E-state index contributed by atoms with van der Waals surface area (Å²) in [6.45, 7) is 1.67. The fraction of sp³-hybridized carbons (Fsp3) is 0.0714. The molecule has 0 heterocycles. The van der Waals surface area contributed by atoms with Crippen molar-refractivity contribution in [3.63, 3.8) is 0 Å². The number of nitro groups is 1. The van der Waals surface area contributed by atoms with Gasteiger partial charge in [0.15, 0.2) is 0 Å². The van der Waals surface area contributed by atoms with Crippen molar-refractivity contribution < 1.29 is 4.92 Å². The van der Waals surface area contributed by atoms with Gasteiger partial charge in [0, 0.05) is 17.3 Å². The minimum absolute atomic E-state index is 0.0236. The van der Waals surface area contributed by atoms with Gasteiger partial charge in [-0.1, -0.05) is 23.7 Å². The van der Waals surface area contributed by atoms with Crippen molar-refractivity contribution in [2.24, 2.45) is 0 Å². The molecule has 20 heavy (non-hydrogen) atoms. The van der Waals surface area contributed by atoms with E-state index in [0.717, 1.165) is 0 Å². The Labute approximate surface area is 120 Å². The van der Waals surface area contributed by atoms with Gasteiger partial charge in [0.2, 0.25) is 0 Å². The van der Waals surface area contributed by atoms with Crippen LogP contribution in [0.3, 0.4) is 0 Å². The Morgan fingerprint density at radius 3 is 2.75 bits per heavy atom. The lowest BCUT2D eigenvalue weighted by Gasteiger charge is -2.09. The van der Waals surface area contributed by atoms with Crippen molar-refractivity contribution in [2.45, 2.75) is 6.92 Å². The topological polar surface area (TPSA) is 79.0 Å². The standard InChI is InChI=1S/C14H10ClN3O2/c1-9-5-6-10(7-14(9)18(19)20)17-13-4-2-3-12(15)11(13)8-16/h2-7,17H,1H3. The quantitative estimate of drug-likeness (QED) is 0.678. The maximum absolute atomic E-state index is 10.9. The summed E-state index contributed by atoms with van der Waals surface area (Å²) < 4.78 is 0. The maximum atomic E-state index is 10.9. The number of anilines is 2. The second kappa shape index (κ2) is 5.59. The first-order valence-corrected chi connectivity index (χ1v) is 6.11. The summed E-state index contributed by atoms with van der Waals surface area (Å²) in [5, 5.41) is 23.3. The zero-order valence-corrected chi connectivity index (χ0v) is 11.3. The third-order valence-electron chi connectivity index (χ3n) is 2.81. The molecule has 0 amide bonds. The molecule has 0 aliphatic heterocycles. The van der Waals surface area contributed by atoms with Gasteiger partial charge in [-0.2, -0.15) is 5.26 Å². The number of nitriles is 1. The average molecular weight is 288 g/mol. The summed E-state index contributed by atoms with van der Waals surface area (Å²) >= 11 is 5.93. The highest BCUT2D eigenvalue weighted by molar-refractivity contribution is 6.32. The molecule has 0 radical (unpaired) electrons. The van der Waals surface area contributed by atoms with Gasteiger partial charge in [-0.15, -0.1) is 0 Å². The molecule has 2 aromatic rings. The van der Waals surface area contributed by atoms with Crippen LogP contribution in [0.25, 0.3) is 0 Å². The lowest BCUT2D eigenvalue weighted by atomic mass is 10.1. The van der Waals surface area contributed by atoms with Crippen molar-refractivity contribution in [3.05, 3.63) is 62.7 Å².